The second-order valence-corrected chi connectivity index (χ2v) is 12.3. The van der Waals surface area contributed by atoms with Crippen LogP contribution in [0.3, 0.4) is 0 Å². The number of aromatic nitrogens is 1. The predicted molar refractivity (Wildman–Crippen MR) is 157 cm³/mol. The monoisotopic (exact) mass is 583 g/mol. The fourth-order valence-corrected chi connectivity index (χ4v) is 5.93. The number of likely N-dealkylation sites (tertiary alicyclic amines) is 1. The number of hydrogen-bond donors (Lipinski definition) is 1. The Morgan fingerprint density at radius 1 is 1.29 bits per heavy atom. The van der Waals surface area contributed by atoms with Crippen LogP contribution in [0.5, 0.6) is 5.75 Å². The molecule has 1 aromatic carbocycles. The van der Waals surface area contributed by atoms with Crippen molar-refractivity contribution < 1.29 is 33.0 Å². The van der Waals surface area contributed by atoms with Gasteiger partial charge in [0.25, 0.3) is 0 Å². The molecule has 2 aromatic rings. The largest absolute Gasteiger partial charge is 0.483 e. The summed E-state index contributed by atoms with van der Waals surface area (Å²) < 4.78 is 31.3. The molecule has 3 heterocycles. The number of nitrogens with zero attached hydrogens (tertiary/aromatic N) is 2. The number of pyridine rings is 1. The molecule has 1 saturated heterocycles. The van der Waals surface area contributed by atoms with E-state index in [2.05, 4.69) is 16.9 Å². The van der Waals surface area contributed by atoms with E-state index in [0.29, 0.717) is 48.0 Å². The van der Waals surface area contributed by atoms with Crippen LogP contribution < -0.4 is 10.1 Å². The Hall–Kier alpha value is -3.69. The van der Waals surface area contributed by atoms with E-state index in [1.54, 1.807) is 26.8 Å². The molecule has 0 saturated carbocycles. The van der Waals surface area contributed by atoms with Crippen LogP contribution in [0.15, 0.2) is 30.9 Å². The van der Waals surface area contributed by atoms with Crippen LogP contribution in [0.25, 0.3) is 10.9 Å². The number of hydrogen-bond acceptors (Lipinski definition) is 7. The van der Waals surface area contributed by atoms with Gasteiger partial charge in [-0.15, -0.1) is 6.58 Å². The third-order valence-electron chi connectivity index (χ3n) is 7.87. The van der Waals surface area contributed by atoms with Gasteiger partial charge in [-0.2, -0.15) is 0 Å². The molecule has 2 aliphatic heterocycles. The van der Waals surface area contributed by atoms with Gasteiger partial charge in [0.1, 0.15) is 34.9 Å². The van der Waals surface area contributed by atoms with Crippen LogP contribution in [-0.4, -0.2) is 64.8 Å². The highest BCUT2D eigenvalue weighted by Gasteiger charge is 2.53. The molecule has 42 heavy (non-hydrogen) atoms. The number of esters is 1. The third kappa shape index (κ3) is 7.02. The molecule has 1 aromatic heterocycles. The molecule has 1 fully saturated rings. The molecular weight excluding hydrogens is 541 g/mol. The van der Waals surface area contributed by atoms with Crippen LogP contribution in [0.2, 0.25) is 0 Å². The average Bonchev–Trinajstić information content (AvgIpc) is 3.29. The van der Waals surface area contributed by atoms with Gasteiger partial charge in [0.05, 0.1) is 24.9 Å². The zero-order valence-corrected chi connectivity index (χ0v) is 25.3. The lowest BCUT2D eigenvalue weighted by Crippen LogP contribution is -2.53. The molecule has 0 bridgehead atoms. The molecule has 10 heteroatoms. The van der Waals surface area contributed by atoms with Crippen molar-refractivity contribution in [2.24, 2.45) is 0 Å². The number of amides is 2. The maximum Gasteiger partial charge on any atom is 0.408 e. The van der Waals surface area contributed by atoms with Gasteiger partial charge in [-0.1, -0.05) is 18.9 Å². The van der Waals surface area contributed by atoms with Gasteiger partial charge in [-0.05, 0) is 78.0 Å². The molecule has 9 nitrogen and oxygen atoms in total. The lowest BCUT2D eigenvalue weighted by Gasteiger charge is -2.36. The first-order chi connectivity index (χ1) is 19.9. The molecular formula is C32H42FN3O6. The normalized spacial score (nSPS) is 20.5. The highest BCUT2D eigenvalue weighted by molar-refractivity contribution is 5.91. The molecule has 3 atom stereocenters. The van der Waals surface area contributed by atoms with E-state index >= 15 is 0 Å². The zero-order valence-electron chi connectivity index (χ0n) is 25.3. The van der Waals surface area contributed by atoms with Crippen LogP contribution in [-0.2, 0) is 25.5 Å². The van der Waals surface area contributed by atoms with Crippen molar-refractivity contribution in [1.82, 2.24) is 15.2 Å². The number of aryl methyl sites for hydroxylation is 2. The van der Waals surface area contributed by atoms with E-state index in [-0.39, 0.29) is 24.7 Å². The number of methoxy groups -OCH3 is 1. The predicted octanol–water partition coefficient (Wildman–Crippen LogP) is 5.55. The standard InChI is InChI=1S/C32H42FN3O6/c1-7-8-9-10-11-12-25(35-30(39)42-31(3,4)5)28(37)36-19-32(18-26(36)29(38)40-6)16-15-22-23-17-21(33)13-14-24(23)34-20(2)27(22)41-32/h7,13-14,17,25-26H,1,8-12,15-16,18-19H2,2-6H3,(H,35,39)/t25-,26-,32-/m0/s1. The fraction of sp³-hybridized carbons (Fsp3) is 0.562. The Labute approximate surface area is 246 Å². The molecule has 2 amide bonds. The maximum absolute atomic E-state index is 14.1. The number of halogens is 1. The number of nitrogens with one attached hydrogen (secondary N) is 1. The first-order valence-corrected chi connectivity index (χ1v) is 14.6. The number of allylic oxidation sites excluding steroid dienone is 1. The van der Waals surface area contributed by atoms with Crippen molar-refractivity contribution in [3.63, 3.8) is 0 Å². The van der Waals surface area contributed by atoms with Crippen molar-refractivity contribution in [1.29, 1.82) is 0 Å². The summed E-state index contributed by atoms with van der Waals surface area (Å²) in [6, 6.07) is 2.72. The highest BCUT2D eigenvalue weighted by atomic mass is 19.1. The van der Waals surface area contributed by atoms with Crippen LogP contribution in [0.4, 0.5) is 9.18 Å². The molecule has 0 radical (unpaired) electrons. The van der Waals surface area contributed by atoms with E-state index < -0.39 is 35.3 Å². The van der Waals surface area contributed by atoms with Crippen LogP contribution in [0.1, 0.15) is 77.0 Å². The molecule has 0 aliphatic carbocycles. The van der Waals surface area contributed by atoms with Gasteiger partial charge in [-0.3, -0.25) is 4.79 Å². The summed E-state index contributed by atoms with van der Waals surface area (Å²) in [5.41, 5.74) is 0.607. The molecule has 2 aliphatic rings. The zero-order chi connectivity index (χ0) is 30.7. The summed E-state index contributed by atoms with van der Waals surface area (Å²) in [5.74, 6) is -0.733. The Kier molecular flexibility index (Phi) is 9.43. The molecule has 4 rings (SSSR count). The number of carbonyl (C=O) groups is 3. The maximum atomic E-state index is 14.1. The average molecular weight is 584 g/mol. The Morgan fingerprint density at radius 2 is 2.05 bits per heavy atom. The number of rotatable bonds is 9. The summed E-state index contributed by atoms with van der Waals surface area (Å²) in [6.45, 7) is 11.0. The summed E-state index contributed by atoms with van der Waals surface area (Å²) in [4.78, 5) is 45.9. The van der Waals surface area contributed by atoms with Gasteiger partial charge < -0.3 is 24.4 Å². The van der Waals surface area contributed by atoms with Gasteiger partial charge >= 0.3 is 12.1 Å². The molecule has 228 valence electrons. The number of unbranched alkanes of at least 4 members (excludes halogenated alkanes) is 3. The van der Waals surface area contributed by atoms with Crippen LogP contribution in [0, 0.1) is 12.7 Å². The number of ether oxygens (including phenoxy) is 3. The lowest BCUT2D eigenvalue weighted by molar-refractivity contribution is -0.151. The minimum Gasteiger partial charge on any atom is -0.483 e. The van der Waals surface area contributed by atoms with E-state index in [1.807, 2.05) is 13.0 Å². The smallest absolute Gasteiger partial charge is 0.408 e. The summed E-state index contributed by atoms with van der Waals surface area (Å²) in [6.07, 6.45) is 6.19. The van der Waals surface area contributed by atoms with E-state index in [9.17, 15) is 18.8 Å². The SMILES string of the molecule is C=CCCCCC[C@H](NC(=O)OC(C)(C)C)C(=O)N1C[C@]2(CCc3c(c(C)nc4ccc(F)cc34)O2)C[C@H]1C(=O)OC. The number of fused-ring (bicyclic) bond motifs is 3. The van der Waals surface area contributed by atoms with Crippen LogP contribution >= 0.6 is 0 Å². The van der Waals surface area contributed by atoms with Crippen molar-refractivity contribution in [2.45, 2.75) is 102 Å². The Morgan fingerprint density at radius 3 is 2.74 bits per heavy atom. The Balaban J connectivity index is 1.61. The number of alkyl carbamates (subject to hydrolysis) is 1. The van der Waals surface area contributed by atoms with Gasteiger partial charge in [0.2, 0.25) is 5.91 Å². The summed E-state index contributed by atoms with van der Waals surface area (Å²) >= 11 is 0. The fourth-order valence-electron chi connectivity index (χ4n) is 5.93. The van der Waals surface area contributed by atoms with Crippen molar-refractivity contribution in [3.8, 4) is 5.75 Å². The number of carbonyl (C=O) groups excluding carboxylic acids is 3. The topological polar surface area (TPSA) is 107 Å². The quantitative estimate of drug-likeness (QED) is 0.234. The van der Waals surface area contributed by atoms with Gasteiger partial charge in [0.15, 0.2) is 0 Å². The Bertz CT molecular complexity index is 1360. The molecule has 0 unspecified atom stereocenters. The van der Waals surface area contributed by atoms with Gasteiger partial charge in [0, 0.05) is 17.4 Å². The van der Waals surface area contributed by atoms with Gasteiger partial charge in [-0.25, -0.2) is 19.0 Å². The van der Waals surface area contributed by atoms with Crippen molar-refractivity contribution in [2.75, 3.05) is 13.7 Å². The summed E-state index contributed by atoms with van der Waals surface area (Å²) in [5, 5.41) is 3.44. The van der Waals surface area contributed by atoms with Crippen molar-refractivity contribution >= 4 is 28.9 Å². The first-order valence-electron chi connectivity index (χ1n) is 14.6. The first kappa shape index (κ1) is 31.3. The highest BCUT2D eigenvalue weighted by Crippen LogP contribution is 2.44. The third-order valence-corrected chi connectivity index (χ3v) is 7.87. The minimum atomic E-state index is -0.892. The lowest BCUT2D eigenvalue weighted by atomic mass is 9.87. The molecule has 1 spiro atoms. The van der Waals surface area contributed by atoms with Crippen molar-refractivity contribution in [3.05, 3.63) is 47.9 Å². The molecule has 1 N–H and O–H groups in total. The van der Waals surface area contributed by atoms with E-state index in [4.69, 9.17) is 14.2 Å². The number of benzene rings is 1. The van der Waals surface area contributed by atoms with E-state index in [0.717, 1.165) is 24.8 Å². The van der Waals surface area contributed by atoms with E-state index in [1.165, 1.54) is 24.1 Å². The summed E-state index contributed by atoms with van der Waals surface area (Å²) in [7, 11) is 1.29. The second kappa shape index (κ2) is 12.7. The second-order valence-electron chi connectivity index (χ2n) is 12.3. The minimum absolute atomic E-state index is 0.134.